The molecule has 3 aliphatic carbocycles. The van der Waals surface area contributed by atoms with Crippen molar-refractivity contribution in [1.82, 2.24) is 4.90 Å². The molecule has 6 nitrogen and oxygen atoms in total. The molecule has 6 rings (SSSR count). The Balaban J connectivity index is 1.47. The van der Waals surface area contributed by atoms with Gasteiger partial charge in [0.15, 0.2) is 11.6 Å². The summed E-state index contributed by atoms with van der Waals surface area (Å²) in [6.07, 6.45) is 3.83. The lowest BCUT2D eigenvalue weighted by atomic mass is 9.59. The van der Waals surface area contributed by atoms with E-state index >= 15 is 0 Å². The van der Waals surface area contributed by atoms with Crippen LogP contribution in [0.3, 0.4) is 0 Å². The Morgan fingerprint density at radius 2 is 1.76 bits per heavy atom. The van der Waals surface area contributed by atoms with E-state index in [1.54, 1.807) is 19.1 Å². The van der Waals surface area contributed by atoms with Gasteiger partial charge in [0, 0.05) is 33.2 Å². The molecule has 4 atom stereocenters. The number of allylic oxidation sites excluding steroid dienone is 6. The second-order valence-corrected chi connectivity index (χ2v) is 10.6. The molecule has 4 aliphatic rings. The number of rotatable bonds is 3. The summed E-state index contributed by atoms with van der Waals surface area (Å²) in [5.41, 5.74) is 3.10. The van der Waals surface area contributed by atoms with E-state index in [0.717, 1.165) is 11.1 Å². The van der Waals surface area contributed by atoms with Crippen LogP contribution in [0.15, 0.2) is 83.0 Å². The van der Waals surface area contributed by atoms with Gasteiger partial charge in [-0.1, -0.05) is 53.6 Å². The summed E-state index contributed by atoms with van der Waals surface area (Å²) in [6, 6.07) is 14.0. The average molecular weight is 514 g/mol. The lowest BCUT2D eigenvalue weighted by Gasteiger charge is -2.42. The molecule has 1 aliphatic heterocycles. The molecule has 1 fully saturated rings. The van der Waals surface area contributed by atoms with Crippen molar-refractivity contribution in [2.24, 2.45) is 17.8 Å². The Labute approximate surface area is 218 Å². The van der Waals surface area contributed by atoms with Gasteiger partial charge < -0.3 is 5.11 Å². The van der Waals surface area contributed by atoms with Crippen LogP contribution in [0, 0.1) is 17.8 Å². The molecule has 0 unspecified atom stereocenters. The van der Waals surface area contributed by atoms with E-state index < -0.39 is 23.7 Å². The number of benzene rings is 2. The molecule has 1 saturated heterocycles. The normalized spacial score (nSPS) is 27.0. The SMILES string of the molecule is CC1=CC(=O)C2=C(C[C@@H]3C(=CC[C@@H]4C(=O)N(Cc5ccccc5)C(=O)[C@@H]43)[C@@H]2c2cc(Cl)ccc2O)C1=O. The number of phenolic OH excluding ortho intramolecular Hbond substituents is 1. The van der Waals surface area contributed by atoms with Crippen LogP contribution in [-0.4, -0.2) is 33.4 Å². The zero-order chi connectivity index (χ0) is 26.0. The van der Waals surface area contributed by atoms with Gasteiger partial charge in [0.05, 0.1) is 18.4 Å². The fraction of sp³-hybridized carbons (Fsp3) is 0.267. The molecule has 0 radical (unpaired) electrons. The van der Waals surface area contributed by atoms with Crippen molar-refractivity contribution in [3.8, 4) is 5.75 Å². The number of carbonyl (C=O) groups is 4. The number of aromatic hydroxyl groups is 1. The van der Waals surface area contributed by atoms with Gasteiger partial charge >= 0.3 is 0 Å². The van der Waals surface area contributed by atoms with Crippen LogP contribution in [0.5, 0.6) is 5.75 Å². The predicted molar refractivity (Wildman–Crippen MR) is 136 cm³/mol. The molecule has 0 bridgehead atoms. The maximum absolute atomic E-state index is 13.8. The average Bonchev–Trinajstić information content (AvgIpc) is 3.13. The Morgan fingerprint density at radius 3 is 2.51 bits per heavy atom. The number of hydrogen-bond donors (Lipinski definition) is 1. The number of likely N-dealkylation sites (tertiary alicyclic amines) is 1. The molecule has 2 aromatic rings. The highest BCUT2D eigenvalue weighted by Crippen LogP contribution is 2.56. The second-order valence-electron chi connectivity index (χ2n) is 10.2. The molecule has 2 aromatic carbocycles. The number of amides is 2. The number of carbonyl (C=O) groups excluding carboxylic acids is 4. The van der Waals surface area contributed by atoms with Gasteiger partial charge in [-0.15, -0.1) is 0 Å². The van der Waals surface area contributed by atoms with Crippen LogP contribution in [0.4, 0.5) is 0 Å². The third-order valence-corrected chi connectivity index (χ3v) is 8.37. The third-order valence-electron chi connectivity index (χ3n) is 8.14. The molecular weight excluding hydrogens is 490 g/mol. The van der Waals surface area contributed by atoms with E-state index in [1.165, 1.54) is 17.0 Å². The molecular formula is C30H24ClNO5. The van der Waals surface area contributed by atoms with Crippen molar-refractivity contribution in [3.05, 3.63) is 99.1 Å². The van der Waals surface area contributed by atoms with Gasteiger partial charge in [-0.05, 0) is 55.5 Å². The summed E-state index contributed by atoms with van der Waals surface area (Å²) in [5, 5.41) is 11.2. The van der Waals surface area contributed by atoms with E-state index in [4.69, 9.17) is 11.6 Å². The minimum atomic E-state index is -0.722. The van der Waals surface area contributed by atoms with Gasteiger partial charge in [-0.25, -0.2) is 0 Å². The monoisotopic (exact) mass is 513 g/mol. The second kappa shape index (κ2) is 8.67. The molecule has 1 N–H and O–H groups in total. The van der Waals surface area contributed by atoms with E-state index in [0.29, 0.717) is 33.7 Å². The minimum absolute atomic E-state index is 0.0454. The Morgan fingerprint density at radius 1 is 1.00 bits per heavy atom. The summed E-state index contributed by atoms with van der Waals surface area (Å²) in [4.78, 5) is 55.1. The van der Waals surface area contributed by atoms with Crippen LogP contribution < -0.4 is 0 Å². The number of halogens is 1. The zero-order valence-electron chi connectivity index (χ0n) is 20.1. The third kappa shape index (κ3) is 3.62. The van der Waals surface area contributed by atoms with Gasteiger partial charge in [-0.2, -0.15) is 0 Å². The van der Waals surface area contributed by atoms with Crippen LogP contribution in [0.2, 0.25) is 5.02 Å². The molecule has 186 valence electrons. The number of imide groups is 1. The number of Topliss-reactive ketones (excluding diaryl/α,β-unsaturated/α-hetero) is 1. The van der Waals surface area contributed by atoms with Gasteiger partial charge in [0.1, 0.15) is 5.75 Å². The maximum atomic E-state index is 13.8. The Hall–Kier alpha value is -3.77. The van der Waals surface area contributed by atoms with E-state index in [1.807, 2.05) is 36.4 Å². The zero-order valence-corrected chi connectivity index (χ0v) is 20.9. The Kier molecular flexibility index (Phi) is 5.53. The predicted octanol–water partition coefficient (Wildman–Crippen LogP) is 4.68. The number of phenols is 1. The first-order valence-electron chi connectivity index (χ1n) is 12.3. The van der Waals surface area contributed by atoms with Crippen molar-refractivity contribution in [3.63, 3.8) is 0 Å². The molecule has 2 amide bonds. The number of hydrogen-bond acceptors (Lipinski definition) is 5. The minimum Gasteiger partial charge on any atom is -0.508 e. The summed E-state index contributed by atoms with van der Waals surface area (Å²) >= 11 is 6.29. The van der Waals surface area contributed by atoms with Crippen LogP contribution in [-0.2, 0) is 25.7 Å². The highest BCUT2D eigenvalue weighted by Gasteiger charge is 2.56. The van der Waals surface area contributed by atoms with Crippen molar-refractivity contribution in [1.29, 1.82) is 0 Å². The van der Waals surface area contributed by atoms with Gasteiger partial charge in [-0.3, -0.25) is 24.1 Å². The van der Waals surface area contributed by atoms with Gasteiger partial charge in [0.25, 0.3) is 0 Å². The quantitative estimate of drug-likeness (QED) is 0.365. The lowest BCUT2D eigenvalue weighted by Crippen LogP contribution is -2.39. The lowest BCUT2D eigenvalue weighted by molar-refractivity contribution is -0.140. The van der Waals surface area contributed by atoms with Gasteiger partial charge in [0.2, 0.25) is 11.8 Å². The van der Waals surface area contributed by atoms with E-state index in [2.05, 4.69) is 0 Å². The summed E-state index contributed by atoms with van der Waals surface area (Å²) in [7, 11) is 0. The van der Waals surface area contributed by atoms with Crippen LogP contribution >= 0.6 is 11.6 Å². The molecule has 37 heavy (non-hydrogen) atoms. The van der Waals surface area contributed by atoms with Crippen LogP contribution in [0.1, 0.15) is 36.8 Å². The first-order chi connectivity index (χ1) is 17.8. The first-order valence-corrected chi connectivity index (χ1v) is 12.7. The standard InChI is InChI=1S/C30H24ClNO5/c1-15-11-24(34)27-22(28(15)35)13-20-18(25(27)21-12-17(31)7-10-23(21)33)8-9-19-26(20)30(37)32(29(19)36)14-16-5-3-2-4-6-16/h2-8,10-12,19-20,25-26,33H,9,13-14H2,1H3/t19-,20+,25+,26-/m0/s1. The van der Waals surface area contributed by atoms with Crippen molar-refractivity contribution < 1.29 is 24.3 Å². The molecule has 1 heterocycles. The largest absolute Gasteiger partial charge is 0.508 e. The number of fused-ring (bicyclic) bond motifs is 3. The Bertz CT molecular complexity index is 1480. The maximum Gasteiger partial charge on any atom is 0.234 e. The summed E-state index contributed by atoms with van der Waals surface area (Å²) in [6.45, 7) is 1.80. The smallest absolute Gasteiger partial charge is 0.234 e. The first kappa shape index (κ1) is 23.6. The van der Waals surface area contributed by atoms with Crippen molar-refractivity contribution in [2.45, 2.75) is 32.2 Å². The highest BCUT2D eigenvalue weighted by molar-refractivity contribution is 6.30. The van der Waals surface area contributed by atoms with Crippen LogP contribution in [0.25, 0.3) is 0 Å². The molecule has 0 aromatic heterocycles. The fourth-order valence-electron chi connectivity index (χ4n) is 6.48. The number of nitrogens with zero attached hydrogens (tertiary/aromatic N) is 1. The topological polar surface area (TPSA) is 91.8 Å². The van der Waals surface area contributed by atoms with Crippen molar-refractivity contribution in [2.75, 3.05) is 0 Å². The molecule has 0 spiro atoms. The summed E-state index contributed by atoms with van der Waals surface area (Å²) in [5.74, 6) is -3.35. The summed E-state index contributed by atoms with van der Waals surface area (Å²) < 4.78 is 0. The van der Waals surface area contributed by atoms with Crippen molar-refractivity contribution >= 4 is 35.0 Å². The fourth-order valence-corrected chi connectivity index (χ4v) is 6.66. The van der Waals surface area contributed by atoms with E-state index in [9.17, 15) is 24.3 Å². The highest BCUT2D eigenvalue weighted by atomic mass is 35.5. The number of ketones is 2. The molecule has 0 saturated carbocycles. The van der Waals surface area contributed by atoms with E-state index in [-0.39, 0.29) is 42.1 Å². The molecule has 7 heteroatoms.